The summed E-state index contributed by atoms with van der Waals surface area (Å²) in [6, 6.07) is 0.805. The van der Waals surface area contributed by atoms with Gasteiger partial charge in [0.15, 0.2) is 0 Å². The van der Waals surface area contributed by atoms with Crippen molar-refractivity contribution in [3.05, 3.63) is 24.3 Å². The average Bonchev–Trinajstić information content (AvgIpc) is 2.71. The third-order valence-corrected chi connectivity index (χ3v) is 6.11. The summed E-state index contributed by atoms with van der Waals surface area (Å²) in [6.45, 7) is 4.55. The predicted octanol–water partition coefficient (Wildman–Crippen LogP) is 9.48. The molecule has 0 bridgehead atoms. The SMILES string of the molecule is CCCC/C=C\C/C=C\CCCCCCCC(CCCCCCCCC)N(C)C. The molecule has 1 nitrogen and oxygen atoms in total. The molecule has 0 N–H and O–H groups in total. The number of unbranched alkanes of at least 4 members (excludes halogenated alkanes) is 13. The van der Waals surface area contributed by atoms with Crippen molar-refractivity contribution in [2.45, 2.75) is 142 Å². The fraction of sp³-hybridized carbons (Fsp3) is 0.857. The molecule has 0 aliphatic heterocycles. The molecule has 0 aromatic rings. The highest BCUT2D eigenvalue weighted by Gasteiger charge is 2.10. The Labute approximate surface area is 185 Å². The van der Waals surface area contributed by atoms with Crippen molar-refractivity contribution >= 4 is 0 Å². The van der Waals surface area contributed by atoms with Gasteiger partial charge < -0.3 is 4.90 Å². The second-order valence-corrected chi connectivity index (χ2v) is 9.19. The zero-order valence-electron chi connectivity index (χ0n) is 20.8. The maximum atomic E-state index is 2.47. The van der Waals surface area contributed by atoms with Crippen LogP contribution < -0.4 is 0 Å². The van der Waals surface area contributed by atoms with Crippen LogP contribution in [0.2, 0.25) is 0 Å². The van der Waals surface area contributed by atoms with Gasteiger partial charge in [0, 0.05) is 6.04 Å². The fourth-order valence-electron chi connectivity index (χ4n) is 4.00. The molecule has 0 rings (SSSR count). The quantitative estimate of drug-likeness (QED) is 0.128. The first-order valence-electron chi connectivity index (χ1n) is 13.2. The van der Waals surface area contributed by atoms with Crippen LogP contribution in [0, 0.1) is 0 Å². The van der Waals surface area contributed by atoms with Crippen LogP contribution >= 0.6 is 0 Å². The molecule has 1 unspecified atom stereocenters. The van der Waals surface area contributed by atoms with Crippen molar-refractivity contribution in [3.8, 4) is 0 Å². The van der Waals surface area contributed by atoms with Crippen LogP contribution in [0.15, 0.2) is 24.3 Å². The van der Waals surface area contributed by atoms with Gasteiger partial charge in [-0.25, -0.2) is 0 Å². The molecule has 0 aromatic carbocycles. The lowest BCUT2D eigenvalue weighted by Gasteiger charge is -2.24. The molecule has 1 atom stereocenters. The Morgan fingerprint density at radius 1 is 0.517 bits per heavy atom. The molecular formula is C28H55N. The number of rotatable bonds is 22. The minimum atomic E-state index is 0.805. The molecule has 172 valence electrons. The van der Waals surface area contributed by atoms with Crippen molar-refractivity contribution in [1.29, 1.82) is 0 Å². The van der Waals surface area contributed by atoms with E-state index in [0.29, 0.717) is 0 Å². The normalized spacial score (nSPS) is 13.3. The van der Waals surface area contributed by atoms with E-state index in [0.717, 1.165) is 12.5 Å². The molecule has 0 heterocycles. The van der Waals surface area contributed by atoms with Gasteiger partial charge in [-0.3, -0.25) is 0 Å². The van der Waals surface area contributed by atoms with E-state index in [9.17, 15) is 0 Å². The Hall–Kier alpha value is -0.560. The lowest BCUT2D eigenvalue weighted by molar-refractivity contribution is 0.251. The molecule has 0 amide bonds. The summed E-state index contributed by atoms with van der Waals surface area (Å²) in [6.07, 6.45) is 35.5. The average molecular weight is 406 g/mol. The lowest BCUT2D eigenvalue weighted by Crippen LogP contribution is -2.27. The molecule has 0 saturated heterocycles. The highest BCUT2D eigenvalue weighted by Crippen LogP contribution is 2.17. The topological polar surface area (TPSA) is 3.24 Å². The van der Waals surface area contributed by atoms with E-state index in [-0.39, 0.29) is 0 Å². The molecule has 0 aromatic heterocycles. The van der Waals surface area contributed by atoms with E-state index in [4.69, 9.17) is 0 Å². The van der Waals surface area contributed by atoms with Gasteiger partial charge in [-0.2, -0.15) is 0 Å². The van der Waals surface area contributed by atoms with Gasteiger partial charge in [-0.1, -0.05) is 122 Å². The van der Waals surface area contributed by atoms with E-state index in [2.05, 4.69) is 57.1 Å². The first-order valence-corrected chi connectivity index (χ1v) is 13.2. The van der Waals surface area contributed by atoms with E-state index < -0.39 is 0 Å². The minimum Gasteiger partial charge on any atom is -0.306 e. The van der Waals surface area contributed by atoms with Gasteiger partial charge in [0.25, 0.3) is 0 Å². The Morgan fingerprint density at radius 3 is 1.48 bits per heavy atom. The molecule has 0 aliphatic carbocycles. The Kier molecular flexibility index (Phi) is 23.3. The van der Waals surface area contributed by atoms with Gasteiger partial charge >= 0.3 is 0 Å². The van der Waals surface area contributed by atoms with Crippen LogP contribution in [0.5, 0.6) is 0 Å². The Bertz CT molecular complexity index is 355. The molecule has 0 aliphatic rings. The van der Waals surface area contributed by atoms with Crippen molar-refractivity contribution in [2.75, 3.05) is 14.1 Å². The van der Waals surface area contributed by atoms with Crippen LogP contribution in [0.4, 0.5) is 0 Å². The molecule has 0 fully saturated rings. The molecule has 29 heavy (non-hydrogen) atoms. The predicted molar refractivity (Wildman–Crippen MR) is 135 cm³/mol. The summed E-state index contributed by atoms with van der Waals surface area (Å²) in [5.74, 6) is 0. The first kappa shape index (κ1) is 28.4. The largest absolute Gasteiger partial charge is 0.306 e. The van der Waals surface area contributed by atoms with Gasteiger partial charge in [0.05, 0.1) is 0 Å². The van der Waals surface area contributed by atoms with E-state index in [1.165, 1.54) is 116 Å². The molecule has 0 saturated carbocycles. The number of allylic oxidation sites excluding steroid dienone is 4. The zero-order valence-corrected chi connectivity index (χ0v) is 20.8. The third kappa shape index (κ3) is 22.0. The van der Waals surface area contributed by atoms with Gasteiger partial charge in [-0.05, 0) is 52.6 Å². The highest BCUT2D eigenvalue weighted by molar-refractivity contribution is 4.92. The summed E-state index contributed by atoms with van der Waals surface area (Å²) in [5.41, 5.74) is 0. The fourth-order valence-corrected chi connectivity index (χ4v) is 4.00. The van der Waals surface area contributed by atoms with Gasteiger partial charge in [0.2, 0.25) is 0 Å². The maximum absolute atomic E-state index is 2.47. The smallest absolute Gasteiger partial charge is 0.00891 e. The van der Waals surface area contributed by atoms with Crippen molar-refractivity contribution < 1.29 is 0 Å². The monoisotopic (exact) mass is 405 g/mol. The lowest BCUT2D eigenvalue weighted by atomic mass is 9.99. The molecule has 0 radical (unpaired) electrons. The van der Waals surface area contributed by atoms with Crippen LogP contribution in [0.1, 0.15) is 136 Å². The highest BCUT2D eigenvalue weighted by atomic mass is 15.1. The maximum Gasteiger partial charge on any atom is 0.00891 e. The number of hydrogen-bond acceptors (Lipinski definition) is 1. The summed E-state index contributed by atoms with van der Waals surface area (Å²) >= 11 is 0. The van der Waals surface area contributed by atoms with E-state index >= 15 is 0 Å². The van der Waals surface area contributed by atoms with Crippen LogP contribution in [0.3, 0.4) is 0 Å². The summed E-state index contributed by atoms with van der Waals surface area (Å²) in [5, 5.41) is 0. The van der Waals surface area contributed by atoms with Gasteiger partial charge in [-0.15, -0.1) is 0 Å². The summed E-state index contributed by atoms with van der Waals surface area (Å²) in [7, 11) is 4.55. The number of hydrogen-bond donors (Lipinski definition) is 0. The third-order valence-electron chi connectivity index (χ3n) is 6.11. The van der Waals surface area contributed by atoms with Crippen LogP contribution in [-0.2, 0) is 0 Å². The van der Waals surface area contributed by atoms with Crippen molar-refractivity contribution in [3.63, 3.8) is 0 Å². The van der Waals surface area contributed by atoms with Crippen molar-refractivity contribution in [1.82, 2.24) is 4.90 Å². The van der Waals surface area contributed by atoms with Crippen LogP contribution in [-0.4, -0.2) is 25.0 Å². The zero-order chi connectivity index (χ0) is 21.4. The van der Waals surface area contributed by atoms with Crippen molar-refractivity contribution in [2.24, 2.45) is 0 Å². The summed E-state index contributed by atoms with van der Waals surface area (Å²) < 4.78 is 0. The second kappa shape index (κ2) is 23.7. The molecule has 1 heteroatoms. The number of nitrogens with zero attached hydrogens (tertiary/aromatic N) is 1. The standard InChI is InChI=1S/C28H55N/c1-5-7-9-11-13-14-15-16-17-18-19-21-23-25-27-28(29(3)4)26-24-22-20-12-10-8-6-2/h11,13,15-16,28H,5-10,12,14,17-27H2,1-4H3/b13-11-,16-15-. The minimum absolute atomic E-state index is 0.805. The Morgan fingerprint density at radius 2 is 0.966 bits per heavy atom. The van der Waals surface area contributed by atoms with Crippen LogP contribution in [0.25, 0.3) is 0 Å². The first-order chi connectivity index (χ1) is 14.2. The van der Waals surface area contributed by atoms with E-state index in [1.807, 2.05) is 0 Å². The second-order valence-electron chi connectivity index (χ2n) is 9.19. The molecule has 0 spiro atoms. The van der Waals surface area contributed by atoms with Gasteiger partial charge in [0.1, 0.15) is 0 Å². The molecular weight excluding hydrogens is 350 g/mol. The Balaban J connectivity index is 3.51. The summed E-state index contributed by atoms with van der Waals surface area (Å²) in [4.78, 5) is 2.47. The van der Waals surface area contributed by atoms with E-state index in [1.54, 1.807) is 0 Å².